The van der Waals surface area contributed by atoms with Crippen LogP contribution in [0.5, 0.6) is 0 Å². The van der Waals surface area contributed by atoms with Crippen LogP contribution < -0.4 is 5.32 Å². The van der Waals surface area contributed by atoms with E-state index < -0.39 is 16.0 Å². The third-order valence-corrected chi connectivity index (χ3v) is 4.42. The largest absolute Gasteiger partial charge is 0.360 e. The number of rotatable bonds is 5. The number of nitrogens with zero attached hydrogens (tertiary/aromatic N) is 1. The number of amides is 1. The molecule has 2 aromatic rings. The highest BCUT2D eigenvalue weighted by Gasteiger charge is 2.21. The average Bonchev–Trinajstić information content (AvgIpc) is 2.84. The minimum atomic E-state index is -1.28. The monoisotopic (exact) mass is 292 g/mol. The molecule has 1 N–H and O–H groups in total. The highest BCUT2D eigenvalue weighted by molar-refractivity contribution is 7.85. The van der Waals surface area contributed by atoms with Crippen molar-refractivity contribution in [3.63, 3.8) is 0 Å². The van der Waals surface area contributed by atoms with Crippen LogP contribution in [0.1, 0.15) is 18.2 Å². The molecule has 0 spiro atoms. The molecule has 0 saturated carbocycles. The van der Waals surface area contributed by atoms with Gasteiger partial charge in [-0.3, -0.25) is 9.00 Å². The molecule has 5 nitrogen and oxygen atoms in total. The average molecular weight is 292 g/mol. The summed E-state index contributed by atoms with van der Waals surface area (Å²) in [4.78, 5) is 12.0. The van der Waals surface area contributed by atoms with Gasteiger partial charge in [0.2, 0.25) is 5.91 Å². The van der Waals surface area contributed by atoms with Crippen molar-refractivity contribution in [2.75, 3.05) is 5.32 Å². The van der Waals surface area contributed by atoms with Crippen LogP contribution in [-0.4, -0.2) is 20.5 Å². The maximum Gasteiger partial charge on any atom is 0.241 e. The summed E-state index contributed by atoms with van der Waals surface area (Å²) in [5.74, 6) is 0.981. The van der Waals surface area contributed by atoms with Crippen molar-refractivity contribution in [1.82, 2.24) is 5.16 Å². The maximum atomic E-state index is 12.2. The van der Waals surface area contributed by atoms with Crippen LogP contribution in [-0.2, 0) is 21.3 Å². The van der Waals surface area contributed by atoms with Crippen molar-refractivity contribution in [2.45, 2.75) is 24.9 Å². The van der Waals surface area contributed by atoms with E-state index in [-0.39, 0.29) is 5.91 Å². The lowest BCUT2D eigenvalue weighted by Gasteiger charge is -2.10. The lowest BCUT2D eigenvalue weighted by molar-refractivity contribution is -0.115. The lowest BCUT2D eigenvalue weighted by atomic mass is 10.2. The predicted molar refractivity (Wildman–Crippen MR) is 77.6 cm³/mol. The van der Waals surface area contributed by atoms with Crippen LogP contribution in [0, 0.1) is 6.92 Å². The van der Waals surface area contributed by atoms with Gasteiger partial charge >= 0.3 is 0 Å². The van der Waals surface area contributed by atoms with E-state index in [0.29, 0.717) is 17.3 Å². The third kappa shape index (κ3) is 3.77. The molecule has 1 heterocycles. The number of aryl methyl sites for hydroxylation is 1. The van der Waals surface area contributed by atoms with Crippen LogP contribution >= 0.6 is 0 Å². The molecule has 2 rings (SSSR count). The van der Waals surface area contributed by atoms with Crippen molar-refractivity contribution in [2.24, 2.45) is 0 Å². The number of nitrogens with one attached hydrogen (secondary N) is 1. The summed E-state index contributed by atoms with van der Waals surface area (Å²) < 4.78 is 17.0. The van der Waals surface area contributed by atoms with Gasteiger partial charge in [-0.15, -0.1) is 0 Å². The molecule has 1 amide bonds. The van der Waals surface area contributed by atoms with Crippen LogP contribution in [0.3, 0.4) is 0 Å². The zero-order valence-electron chi connectivity index (χ0n) is 11.3. The topological polar surface area (TPSA) is 72.2 Å². The fraction of sp³-hybridized carbons (Fsp3) is 0.286. The van der Waals surface area contributed by atoms with Crippen molar-refractivity contribution >= 4 is 22.5 Å². The van der Waals surface area contributed by atoms with Crippen molar-refractivity contribution in [1.29, 1.82) is 0 Å². The van der Waals surface area contributed by atoms with Gasteiger partial charge in [0.1, 0.15) is 11.0 Å². The highest BCUT2D eigenvalue weighted by Crippen LogP contribution is 2.11. The maximum absolute atomic E-state index is 12.2. The van der Waals surface area contributed by atoms with Crippen molar-refractivity contribution in [3.8, 4) is 0 Å². The van der Waals surface area contributed by atoms with Crippen LogP contribution in [0.15, 0.2) is 40.9 Å². The Morgan fingerprint density at radius 3 is 2.70 bits per heavy atom. The smallest absolute Gasteiger partial charge is 0.241 e. The molecule has 0 bridgehead atoms. The van der Waals surface area contributed by atoms with Crippen LogP contribution in [0.2, 0.25) is 0 Å². The van der Waals surface area contributed by atoms with E-state index in [9.17, 15) is 9.00 Å². The number of carbonyl (C=O) groups excluding carboxylic acids is 1. The molecule has 0 aliphatic rings. The Hall–Kier alpha value is -1.95. The van der Waals surface area contributed by atoms with Gasteiger partial charge < -0.3 is 9.84 Å². The standard InChI is InChI=1S/C14H16N2O3S/c1-10-8-13(16-19-10)15-14(17)11(2)20(18)9-12-6-4-3-5-7-12/h3-8,11H,9H2,1-2H3,(H,15,16,17)/t11-,20+/m0/s1. The summed E-state index contributed by atoms with van der Waals surface area (Å²) >= 11 is 0. The summed E-state index contributed by atoms with van der Waals surface area (Å²) in [6, 6.07) is 11.1. The molecule has 0 radical (unpaired) electrons. The van der Waals surface area contributed by atoms with Gasteiger partial charge in [-0.05, 0) is 19.4 Å². The molecule has 1 aromatic carbocycles. The molecule has 20 heavy (non-hydrogen) atoms. The van der Waals surface area contributed by atoms with E-state index in [1.807, 2.05) is 30.3 Å². The molecule has 0 aliphatic heterocycles. The summed E-state index contributed by atoms with van der Waals surface area (Å²) in [6.45, 7) is 3.38. The van der Waals surface area contributed by atoms with Gasteiger partial charge in [-0.2, -0.15) is 0 Å². The normalized spacial score (nSPS) is 13.7. The minimum Gasteiger partial charge on any atom is -0.360 e. The first-order chi connectivity index (χ1) is 9.56. The fourth-order valence-corrected chi connectivity index (χ4v) is 2.70. The molecule has 6 heteroatoms. The first-order valence-electron chi connectivity index (χ1n) is 6.21. The number of carbonyl (C=O) groups is 1. The molecular formula is C14H16N2O3S. The molecule has 0 unspecified atom stereocenters. The predicted octanol–water partition coefficient (Wildman–Crippen LogP) is 2.26. The Bertz CT molecular complexity index is 610. The van der Waals surface area contributed by atoms with Gasteiger partial charge in [0.05, 0.1) is 0 Å². The zero-order chi connectivity index (χ0) is 14.5. The number of hydrogen-bond donors (Lipinski definition) is 1. The third-order valence-electron chi connectivity index (χ3n) is 2.79. The van der Waals surface area contributed by atoms with E-state index in [0.717, 1.165) is 5.56 Å². The van der Waals surface area contributed by atoms with Crippen LogP contribution in [0.4, 0.5) is 5.82 Å². The number of anilines is 1. The summed E-state index contributed by atoms with van der Waals surface area (Å²) in [5.41, 5.74) is 0.947. The number of aromatic nitrogens is 1. The Balaban J connectivity index is 1.94. The number of hydrogen-bond acceptors (Lipinski definition) is 4. The Labute approximate surface area is 119 Å². The van der Waals surface area contributed by atoms with Crippen molar-refractivity contribution < 1.29 is 13.5 Å². The second-order valence-electron chi connectivity index (χ2n) is 4.46. The van der Waals surface area contributed by atoms with Gasteiger partial charge in [0, 0.05) is 22.6 Å². The Kier molecular flexibility index (Phi) is 4.68. The highest BCUT2D eigenvalue weighted by atomic mass is 32.2. The van der Waals surface area contributed by atoms with Gasteiger partial charge in [0.15, 0.2) is 5.82 Å². The van der Waals surface area contributed by atoms with Gasteiger partial charge in [0.25, 0.3) is 0 Å². The number of benzene rings is 1. The molecule has 106 valence electrons. The summed E-state index contributed by atoms with van der Waals surface area (Å²) in [5, 5.41) is 5.65. The van der Waals surface area contributed by atoms with E-state index in [1.54, 1.807) is 19.9 Å². The van der Waals surface area contributed by atoms with E-state index in [2.05, 4.69) is 10.5 Å². The van der Waals surface area contributed by atoms with E-state index >= 15 is 0 Å². The molecule has 2 atom stereocenters. The fourth-order valence-electron chi connectivity index (χ4n) is 1.64. The van der Waals surface area contributed by atoms with E-state index in [4.69, 9.17) is 4.52 Å². The first kappa shape index (κ1) is 14.5. The molecule has 0 aliphatic carbocycles. The van der Waals surface area contributed by atoms with Crippen molar-refractivity contribution in [3.05, 3.63) is 47.7 Å². The Morgan fingerprint density at radius 2 is 2.10 bits per heavy atom. The second kappa shape index (κ2) is 6.47. The molecular weight excluding hydrogens is 276 g/mol. The van der Waals surface area contributed by atoms with Gasteiger partial charge in [-0.1, -0.05) is 35.5 Å². The zero-order valence-corrected chi connectivity index (χ0v) is 12.1. The molecule has 0 saturated heterocycles. The van der Waals surface area contributed by atoms with Crippen LogP contribution in [0.25, 0.3) is 0 Å². The molecule has 1 aromatic heterocycles. The SMILES string of the molecule is Cc1cc(NC(=O)[C@H](C)[S@](=O)Cc2ccccc2)no1. The lowest BCUT2D eigenvalue weighted by Crippen LogP contribution is -2.29. The second-order valence-corrected chi connectivity index (χ2v) is 6.22. The van der Waals surface area contributed by atoms with Gasteiger partial charge in [-0.25, -0.2) is 0 Å². The summed E-state index contributed by atoms with van der Waals surface area (Å²) in [6.07, 6.45) is 0. The first-order valence-corrected chi connectivity index (χ1v) is 7.60. The van der Waals surface area contributed by atoms with E-state index in [1.165, 1.54) is 0 Å². The summed E-state index contributed by atoms with van der Waals surface area (Å²) in [7, 11) is -1.28. The minimum absolute atomic E-state index is 0.326. The Morgan fingerprint density at radius 1 is 1.40 bits per heavy atom. The molecule has 0 fully saturated rings. The quantitative estimate of drug-likeness (QED) is 0.917.